The van der Waals surface area contributed by atoms with Gasteiger partial charge in [0.15, 0.2) is 0 Å². The lowest BCUT2D eigenvalue weighted by atomic mass is 9.87. The number of hydrogen-bond acceptors (Lipinski definition) is 2. The normalized spacial score (nSPS) is 19.8. The Morgan fingerprint density at radius 2 is 2.03 bits per heavy atom. The van der Waals surface area contributed by atoms with Gasteiger partial charge >= 0.3 is 0 Å². The fourth-order valence-electron chi connectivity index (χ4n) is 3.93. The number of unbranched alkanes of at least 4 members (excludes halogenated alkanes) is 2. The Labute approximate surface area is 178 Å². The van der Waals surface area contributed by atoms with Gasteiger partial charge in [0.1, 0.15) is 0 Å². The van der Waals surface area contributed by atoms with Crippen LogP contribution >= 0.6 is 0 Å². The van der Waals surface area contributed by atoms with Crippen molar-refractivity contribution in [1.82, 2.24) is 0 Å². The van der Waals surface area contributed by atoms with Gasteiger partial charge in [0.25, 0.3) is 0 Å². The summed E-state index contributed by atoms with van der Waals surface area (Å²) in [6, 6.07) is 8.92. The first-order valence-electron chi connectivity index (χ1n) is 11.4. The van der Waals surface area contributed by atoms with E-state index in [0.29, 0.717) is 0 Å². The van der Waals surface area contributed by atoms with Gasteiger partial charge in [-0.25, -0.2) is 0 Å². The molecule has 2 rings (SSSR count). The van der Waals surface area contributed by atoms with E-state index in [0.717, 1.165) is 56.9 Å². The average Bonchev–Trinajstić information content (AvgIpc) is 2.68. The highest BCUT2D eigenvalue weighted by molar-refractivity contribution is 5.68. The van der Waals surface area contributed by atoms with Crippen LogP contribution in [-0.2, 0) is 6.42 Å². The fraction of sp³-hybridized carbons (Fsp3) is 0.556. The lowest BCUT2D eigenvalue weighted by Gasteiger charge is -2.22. The van der Waals surface area contributed by atoms with Crippen LogP contribution in [0.25, 0.3) is 5.57 Å². The highest BCUT2D eigenvalue weighted by Gasteiger charge is 2.18. The van der Waals surface area contributed by atoms with Gasteiger partial charge in [-0.3, -0.25) is 0 Å². The zero-order chi connectivity index (χ0) is 21.3. The molecule has 1 atom stereocenters. The molecule has 0 radical (unpaired) electrons. The number of hydrogen-bond donors (Lipinski definition) is 2. The number of aliphatic hydroxyl groups excluding tert-OH is 1. The molecule has 1 saturated carbocycles. The van der Waals surface area contributed by atoms with Crippen molar-refractivity contribution in [2.75, 3.05) is 0 Å². The summed E-state index contributed by atoms with van der Waals surface area (Å²) in [7, 11) is 0. The van der Waals surface area contributed by atoms with E-state index in [9.17, 15) is 10.2 Å². The first-order chi connectivity index (χ1) is 13.8. The maximum absolute atomic E-state index is 10.1. The fourth-order valence-corrected chi connectivity index (χ4v) is 3.93. The summed E-state index contributed by atoms with van der Waals surface area (Å²) in [6.07, 6.45) is 14.4. The molecule has 2 heteroatoms. The molecule has 0 spiro atoms. The second-order valence-electron chi connectivity index (χ2n) is 9.14. The topological polar surface area (TPSA) is 40.5 Å². The van der Waals surface area contributed by atoms with E-state index in [-0.39, 0.29) is 6.10 Å². The second kappa shape index (κ2) is 11.5. The van der Waals surface area contributed by atoms with Crippen molar-refractivity contribution < 1.29 is 10.2 Å². The summed E-state index contributed by atoms with van der Waals surface area (Å²) in [5, 5.41) is 20.0. The van der Waals surface area contributed by atoms with Crippen LogP contribution in [0.3, 0.4) is 0 Å². The molecule has 2 nitrogen and oxygen atoms in total. The highest BCUT2D eigenvalue weighted by Crippen LogP contribution is 2.29. The Hall–Kier alpha value is -1.64. The number of rotatable bonds is 10. The Balaban J connectivity index is 2.12. The van der Waals surface area contributed by atoms with Crippen molar-refractivity contribution in [2.45, 2.75) is 96.7 Å². The minimum Gasteiger partial charge on any atom is -0.390 e. The predicted octanol–water partition coefficient (Wildman–Crippen LogP) is 6.77. The molecule has 1 fully saturated rings. The number of aliphatic hydroxyl groups is 2. The Bertz CT molecular complexity index is 718. The summed E-state index contributed by atoms with van der Waals surface area (Å²) < 4.78 is 0. The summed E-state index contributed by atoms with van der Waals surface area (Å²) in [4.78, 5) is 0. The lowest BCUT2D eigenvalue weighted by Crippen LogP contribution is -2.17. The van der Waals surface area contributed by atoms with Crippen LogP contribution < -0.4 is 0 Å². The molecule has 1 aromatic carbocycles. The van der Waals surface area contributed by atoms with Gasteiger partial charge in [0.2, 0.25) is 0 Å². The number of allylic oxidation sites excluding steroid dienone is 3. The third-order valence-electron chi connectivity index (χ3n) is 5.83. The van der Waals surface area contributed by atoms with Crippen LogP contribution in [0.4, 0.5) is 0 Å². The first kappa shape index (κ1) is 23.6. The predicted molar refractivity (Wildman–Crippen MR) is 125 cm³/mol. The summed E-state index contributed by atoms with van der Waals surface area (Å²) in [5.74, 6) is 0. The molecule has 1 unspecified atom stereocenters. The van der Waals surface area contributed by atoms with E-state index in [1.165, 1.54) is 35.1 Å². The molecule has 1 aliphatic rings. The van der Waals surface area contributed by atoms with Crippen molar-refractivity contribution >= 4 is 5.57 Å². The van der Waals surface area contributed by atoms with Gasteiger partial charge in [-0.1, -0.05) is 62.8 Å². The van der Waals surface area contributed by atoms with Crippen LogP contribution in [0.5, 0.6) is 0 Å². The number of benzene rings is 1. The van der Waals surface area contributed by atoms with Crippen molar-refractivity contribution in [3.63, 3.8) is 0 Å². The van der Waals surface area contributed by atoms with Gasteiger partial charge in [-0.15, -0.1) is 0 Å². The van der Waals surface area contributed by atoms with Crippen LogP contribution in [-0.4, -0.2) is 21.9 Å². The van der Waals surface area contributed by atoms with E-state index in [2.05, 4.69) is 49.9 Å². The van der Waals surface area contributed by atoms with Crippen molar-refractivity contribution in [2.24, 2.45) is 0 Å². The van der Waals surface area contributed by atoms with Gasteiger partial charge < -0.3 is 10.2 Å². The molecule has 2 N–H and O–H groups in total. The van der Waals surface area contributed by atoms with Crippen LogP contribution in [0.2, 0.25) is 0 Å². The largest absolute Gasteiger partial charge is 0.390 e. The molecule has 160 valence electrons. The maximum Gasteiger partial charge on any atom is 0.0787 e. The standard InChI is InChI=1S/C27H40O2/c1-5-6-13-24(18-17-23-14-10-16-26(28)21(23)2)25-15-9-12-22(20-25)11-7-8-19-27(3,4)29/h9,12,15,17-18,20,26,28-29H,2,5-8,10-11,13-14,16,19H2,1,3-4H3/b23-17-,24-18+. The molecule has 0 bridgehead atoms. The Morgan fingerprint density at radius 1 is 1.24 bits per heavy atom. The zero-order valence-corrected chi connectivity index (χ0v) is 18.7. The van der Waals surface area contributed by atoms with Gasteiger partial charge in [-0.05, 0) is 93.1 Å². The summed E-state index contributed by atoms with van der Waals surface area (Å²) in [5.41, 5.74) is 5.55. The van der Waals surface area contributed by atoms with Crippen LogP contribution in [0.15, 0.2) is 54.1 Å². The molecule has 0 heterocycles. The molecule has 0 saturated heterocycles. The highest BCUT2D eigenvalue weighted by atomic mass is 16.3. The lowest BCUT2D eigenvalue weighted by molar-refractivity contribution is 0.0682. The van der Waals surface area contributed by atoms with E-state index >= 15 is 0 Å². The van der Waals surface area contributed by atoms with Crippen molar-refractivity contribution in [3.8, 4) is 0 Å². The quantitative estimate of drug-likeness (QED) is 0.428. The van der Waals surface area contributed by atoms with E-state index in [4.69, 9.17) is 0 Å². The first-order valence-corrected chi connectivity index (χ1v) is 11.4. The van der Waals surface area contributed by atoms with Crippen LogP contribution in [0, 0.1) is 0 Å². The van der Waals surface area contributed by atoms with Crippen molar-refractivity contribution in [1.29, 1.82) is 0 Å². The molecule has 0 aromatic heterocycles. The average molecular weight is 397 g/mol. The summed E-state index contributed by atoms with van der Waals surface area (Å²) in [6.45, 7) is 10.1. The minimum absolute atomic E-state index is 0.380. The summed E-state index contributed by atoms with van der Waals surface area (Å²) >= 11 is 0. The monoisotopic (exact) mass is 396 g/mol. The zero-order valence-electron chi connectivity index (χ0n) is 18.7. The molecule has 1 aliphatic carbocycles. The Kier molecular flexibility index (Phi) is 9.39. The molecular formula is C27H40O2. The third kappa shape index (κ3) is 8.32. The van der Waals surface area contributed by atoms with Gasteiger partial charge in [0, 0.05) is 0 Å². The van der Waals surface area contributed by atoms with Gasteiger partial charge in [0.05, 0.1) is 11.7 Å². The Morgan fingerprint density at radius 3 is 2.76 bits per heavy atom. The molecule has 0 aliphatic heterocycles. The maximum atomic E-state index is 10.1. The van der Waals surface area contributed by atoms with E-state index < -0.39 is 5.60 Å². The smallest absolute Gasteiger partial charge is 0.0787 e. The molecular weight excluding hydrogens is 356 g/mol. The molecule has 1 aromatic rings. The number of aryl methyl sites for hydroxylation is 1. The SMILES string of the molecule is C=C1/C(=C\C=C(/CCCC)c2cccc(CCCCC(C)(C)O)c2)CCCC1O. The molecule has 0 amide bonds. The second-order valence-corrected chi connectivity index (χ2v) is 9.14. The van der Waals surface area contributed by atoms with E-state index in [1.54, 1.807) is 0 Å². The minimum atomic E-state index is -0.567. The third-order valence-corrected chi connectivity index (χ3v) is 5.83. The van der Waals surface area contributed by atoms with E-state index in [1.807, 2.05) is 13.8 Å². The van der Waals surface area contributed by atoms with Gasteiger partial charge in [-0.2, -0.15) is 0 Å². The molecule has 29 heavy (non-hydrogen) atoms. The van der Waals surface area contributed by atoms with Crippen molar-refractivity contribution in [3.05, 3.63) is 65.3 Å². The van der Waals surface area contributed by atoms with Crippen LogP contribution in [0.1, 0.15) is 89.7 Å².